The number of nitrogens with one attached hydrogen (secondary N) is 2. The van der Waals surface area contributed by atoms with Crippen molar-refractivity contribution in [2.45, 2.75) is 0 Å². The van der Waals surface area contributed by atoms with Crippen molar-refractivity contribution in [1.29, 1.82) is 0 Å². The standard InChI is InChI=1S/C13H13BrN4O2/c1-16-13(20)7-6-17-11(15)5-10(7)18-9-4-2-3-8(14)12(9)19/h2-6,19H,1H3,(H,16,20)(H3,15,17,18). The normalized spacial score (nSPS) is 10.1. The fourth-order valence-corrected chi connectivity index (χ4v) is 2.02. The number of rotatable bonds is 3. The monoisotopic (exact) mass is 336 g/mol. The van der Waals surface area contributed by atoms with Crippen LogP contribution in [0, 0.1) is 0 Å². The molecule has 104 valence electrons. The zero-order valence-corrected chi connectivity index (χ0v) is 12.2. The number of nitrogens with two attached hydrogens (primary N) is 1. The first-order chi connectivity index (χ1) is 9.52. The highest BCUT2D eigenvalue weighted by molar-refractivity contribution is 9.10. The van der Waals surface area contributed by atoms with Crippen molar-refractivity contribution in [3.05, 3.63) is 40.5 Å². The number of aromatic hydroxyl groups is 1. The number of para-hydroxylation sites is 1. The van der Waals surface area contributed by atoms with Gasteiger partial charge in [-0.25, -0.2) is 4.98 Å². The molecule has 20 heavy (non-hydrogen) atoms. The molecule has 0 fully saturated rings. The number of nitrogens with zero attached hydrogens (tertiary/aromatic N) is 1. The molecule has 0 unspecified atom stereocenters. The van der Waals surface area contributed by atoms with Crippen LogP contribution in [0.4, 0.5) is 17.2 Å². The third-order valence-corrected chi connectivity index (χ3v) is 3.29. The summed E-state index contributed by atoms with van der Waals surface area (Å²) in [6.45, 7) is 0. The lowest BCUT2D eigenvalue weighted by molar-refractivity contribution is 0.0963. The van der Waals surface area contributed by atoms with Gasteiger partial charge in [0.1, 0.15) is 5.82 Å². The van der Waals surface area contributed by atoms with Gasteiger partial charge in [0.2, 0.25) is 0 Å². The number of anilines is 3. The predicted molar refractivity (Wildman–Crippen MR) is 81.1 cm³/mol. The number of benzene rings is 1. The summed E-state index contributed by atoms with van der Waals surface area (Å²) in [5.41, 5.74) is 6.89. The van der Waals surface area contributed by atoms with E-state index < -0.39 is 0 Å². The fraction of sp³-hybridized carbons (Fsp3) is 0.0769. The Morgan fingerprint density at radius 3 is 2.85 bits per heavy atom. The molecule has 0 radical (unpaired) electrons. The smallest absolute Gasteiger partial charge is 0.254 e. The second-order valence-corrected chi connectivity index (χ2v) is 4.85. The van der Waals surface area contributed by atoms with E-state index in [0.717, 1.165) is 0 Å². The van der Waals surface area contributed by atoms with Gasteiger partial charge in [-0.3, -0.25) is 4.79 Å². The van der Waals surface area contributed by atoms with Gasteiger partial charge in [0.15, 0.2) is 5.75 Å². The number of hydrogen-bond acceptors (Lipinski definition) is 5. The van der Waals surface area contributed by atoms with Crippen molar-refractivity contribution in [3.63, 3.8) is 0 Å². The van der Waals surface area contributed by atoms with Gasteiger partial charge in [-0.2, -0.15) is 0 Å². The molecule has 0 aliphatic carbocycles. The molecule has 0 saturated carbocycles. The Labute approximate surface area is 124 Å². The molecular formula is C13H13BrN4O2. The summed E-state index contributed by atoms with van der Waals surface area (Å²) in [6.07, 6.45) is 1.38. The number of phenols is 1. The topological polar surface area (TPSA) is 100 Å². The highest BCUT2D eigenvalue weighted by Gasteiger charge is 2.13. The van der Waals surface area contributed by atoms with Crippen molar-refractivity contribution in [2.24, 2.45) is 0 Å². The Balaban J connectivity index is 2.44. The third-order valence-electron chi connectivity index (χ3n) is 2.65. The number of nitrogen functional groups attached to an aromatic ring is 1. The maximum atomic E-state index is 11.8. The lowest BCUT2D eigenvalue weighted by atomic mass is 10.2. The molecule has 1 amide bonds. The van der Waals surface area contributed by atoms with E-state index in [4.69, 9.17) is 5.73 Å². The minimum absolute atomic E-state index is 0.0470. The molecule has 0 saturated heterocycles. The molecular weight excluding hydrogens is 324 g/mol. The number of carbonyl (C=O) groups is 1. The van der Waals surface area contributed by atoms with Crippen molar-refractivity contribution in [3.8, 4) is 5.75 Å². The molecule has 0 spiro atoms. The number of phenolic OH excluding ortho intramolecular Hbond substituents is 1. The first-order valence-electron chi connectivity index (χ1n) is 5.75. The van der Waals surface area contributed by atoms with E-state index in [9.17, 15) is 9.90 Å². The quantitative estimate of drug-likeness (QED) is 0.644. The van der Waals surface area contributed by atoms with E-state index in [1.165, 1.54) is 19.3 Å². The molecule has 1 aromatic carbocycles. The van der Waals surface area contributed by atoms with Crippen LogP contribution in [-0.2, 0) is 0 Å². The summed E-state index contributed by atoms with van der Waals surface area (Å²) < 4.78 is 0.547. The van der Waals surface area contributed by atoms with Crippen LogP contribution < -0.4 is 16.4 Å². The Morgan fingerprint density at radius 1 is 1.40 bits per heavy atom. The summed E-state index contributed by atoms with van der Waals surface area (Å²) in [6, 6.07) is 6.69. The molecule has 0 atom stereocenters. The van der Waals surface area contributed by atoms with Crippen LogP contribution in [0.2, 0.25) is 0 Å². The minimum Gasteiger partial charge on any atom is -0.505 e. The van der Waals surface area contributed by atoms with Crippen molar-refractivity contribution < 1.29 is 9.90 Å². The average molecular weight is 337 g/mol. The second-order valence-electron chi connectivity index (χ2n) is 3.99. The summed E-state index contributed by atoms with van der Waals surface area (Å²) in [7, 11) is 1.53. The Bertz CT molecular complexity index is 661. The molecule has 7 heteroatoms. The summed E-state index contributed by atoms with van der Waals surface area (Å²) >= 11 is 3.23. The fourth-order valence-electron chi connectivity index (χ4n) is 1.65. The third kappa shape index (κ3) is 2.83. The Kier molecular flexibility index (Phi) is 4.09. The Morgan fingerprint density at radius 2 is 2.15 bits per heavy atom. The van der Waals surface area contributed by atoms with Crippen molar-refractivity contribution >= 4 is 39.0 Å². The van der Waals surface area contributed by atoms with Gasteiger partial charge in [0, 0.05) is 19.3 Å². The maximum absolute atomic E-state index is 11.8. The molecule has 0 aliphatic rings. The van der Waals surface area contributed by atoms with Crippen molar-refractivity contribution in [2.75, 3.05) is 18.1 Å². The van der Waals surface area contributed by atoms with Gasteiger partial charge < -0.3 is 21.5 Å². The lowest BCUT2D eigenvalue weighted by Gasteiger charge is -2.13. The highest BCUT2D eigenvalue weighted by atomic mass is 79.9. The van der Waals surface area contributed by atoms with Gasteiger partial charge in [-0.05, 0) is 28.1 Å². The second kappa shape index (κ2) is 5.79. The van der Waals surface area contributed by atoms with Gasteiger partial charge >= 0.3 is 0 Å². The number of amides is 1. The Hall–Kier alpha value is -2.28. The van der Waals surface area contributed by atoms with Gasteiger partial charge in [0.25, 0.3) is 5.91 Å². The van der Waals surface area contributed by atoms with Crippen LogP contribution in [0.25, 0.3) is 0 Å². The molecule has 0 bridgehead atoms. The first kappa shape index (κ1) is 14.1. The molecule has 1 heterocycles. The SMILES string of the molecule is CNC(=O)c1cnc(N)cc1Nc1cccc(Br)c1O. The van der Waals surface area contributed by atoms with E-state index >= 15 is 0 Å². The molecule has 5 N–H and O–H groups in total. The first-order valence-corrected chi connectivity index (χ1v) is 6.54. The number of hydrogen-bond donors (Lipinski definition) is 4. The maximum Gasteiger partial charge on any atom is 0.254 e. The average Bonchev–Trinajstić information content (AvgIpc) is 2.43. The van der Waals surface area contributed by atoms with E-state index in [1.54, 1.807) is 18.2 Å². The van der Waals surface area contributed by atoms with E-state index in [-0.39, 0.29) is 17.5 Å². The largest absolute Gasteiger partial charge is 0.505 e. The molecule has 2 rings (SSSR count). The van der Waals surface area contributed by atoms with Crippen LogP contribution in [0.3, 0.4) is 0 Å². The van der Waals surface area contributed by atoms with Crippen LogP contribution in [0.1, 0.15) is 10.4 Å². The molecule has 0 aliphatic heterocycles. The number of aromatic nitrogens is 1. The van der Waals surface area contributed by atoms with Crippen LogP contribution >= 0.6 is 15.9 Å². The van der Waals surface area contributed by atoms with Crippen molar-refractivity contribution in [1.82, 2.24) is 10.3 Å². The van der Waals surface area contributed by atoms with Gasteiger partial charge in [-0.1, -0.05) is 6.07 Å². The molecule has 6 nitrogen and oxygen atoms in total. The molecule has 1 aromatic heterocycles. The highest BCUT2D eigenvalue weighted by Crippen LogP contribution is 2.34. The number of halogens is 1. The predicted octanol–water partition coefficient (Wildman–Crippen LogP) is 2.24. The van der Waals surface area contributed by atoms with Gasteiger partial charge in [0.05, 0.1) is 21.4 Å². The lowest BCUT2D eigenvalue weighted by Crippen LogP contribution is -2.19. The minimum atomic E-state index is -0.297. The zero-order valence-electron chi connectivity index (χ0n) is 10.6. The van der Waals surface area contributed by atoms with E-state index in [0.29, 0.717) is 21.4 Å². The summed E-state index contributed by atoms with van der Waals surface area (Å²) in [5.74, 6) is 0.0230. The summed E-state index contributed by atoms with van der Waals surface area (Å²) in [4.78, 5) is 15.7. The zero-order chi connectivity index (χ0) is 14.7. The van der Waals surface area contributed by atoms with Gasteiger partial charge in [-0.15, -0.1) is 0 Å². The van der Waals surface area contributed by atoms with Crippen LogP contribution in [0.5, 0.6) is 5.75 Å². The van der Waals surface area contributed by atoms with Crippen LogP contribution in [-0.4, -0.2) is 23.0 Å². The number of pyridine rings is 1. The molecule has 2 aromatic rings. The number of carbonyl (C=O) groups excluding carboxylic acids is 1. The van der Waals surface area contributed by atoms with Crippen LogP contribution in [0.15, 0.2) is 34.9 Å². The van der Waals surface area contributed by atoms with E-state index in [1.807, 2.05) is 0 Å². The summed E-state index contributed by atoms with van der Waals surface area (Å²) in [5, 5.41) is 15.5. The van der Waals surface area contributed by atoms with E-state index in [2.05, 4.69) is 31.5 Å².